The SMILES string of the molecule is Cc1ccc(Cl)c(Oc2cc(Br)ccc2CC(C)N)c1. The molecule has 2 aromatic carbocycles. The minimum Gasteiger partial charge on any atom is -0.455 e. The number of halogens is 2. The van der Waals surface area contributed by atoms with Crippen LogP contribution >= 0.6 is 27.5 Å². The summed E-state index contributed by atoms with van der Waals surface area (Å²) in [5.74, 6) is 1.44. The maximum atomic E-state index is 6.18. The molecule has 0 heterocycles. The zero-order valence-electron chi connectivity index (χ0n) is 11.5. The summed E-state index contributed by atoms with van der Waals surface area (Å²) < 4.78 is 6.95. The normalized spacial score (nSPS) is 12.2. The largest absolute Gasteiger partial charge is 0.455 e. The molecule has 20 heavy (non-hydrogen) atoms. The standard InChI is InChI=1S/C16H17BrClNO/c1-10-3-6-14(18)16(7-10)20-15-9-13(17)5-4-12(15)8-11(2)19/h3-7,9,11H,8,19H2,1-2H3. The first kappa shape index (κ1) is 15.4. The van der Waals surface area contributed by atoms with Crippen molar-refractivity contribution in [2.75, 3.05) is 0 Å². The summed E-state index contributed by atoms with van der Waals surface area (Å²) in [5.41, 5.74) is 8.06. The van der Waals surface area contributed by atoms with Crippen molar-refractivity contribution in [3.63, 3.8) is 0 Å². The van der Waals surface area contributed by atoms with Crippen molar-refractivity contribution in [2.45, 2.75) is 26.3 Å². The van der Waals surface area contributed by atoms with E-state index in [0.29, 0.717) is 10.8 Å². The van der Waals surface area contributed by atoms with Gasteiger partial charge >= 0.3 is 0 Å². The zero-order valence-corrected chi connectivity index (χ0v) is 13.8. The van der Waals surface area contributed by atoms with Crippen LogP contribution in [0, 0.1) is 6.92 Å². The molecule has 0 saturated heterocycles. The van der Waals surface area contributed by atoms with E-state index in [4.69, 9.17) is 22.1 Å². The molecule has 0 bridgehead atoms. The molecule has 0 aromatic heterocycles. The monoisotopic (exact) mass is 353 g/mol. The molecule has 0 fully saturated rings. The minimum absolute atomic E-state index is 0.0755. The van der Waals surface area contributed by atoms with Crippen LogP contribution in [0.3, 0.4) is 0 Å². The van der Waals surface area contributed by atoms with Crippen LogP contribution in [-0.2, 0) is 6.42 Å². The molecular weight excluding hydrogens is 338 g/mol. The van der Waals surface area contributed by atoms with E-state index in [2.05, 4.69) is 15.9 Å². The van der Waals surface area contributed by atoms with Gasteiger partial charge in [0.1, 0.15) is 11.5 Å². The Morgan fingerprint density at radius 2 is 1.95 bits per heavy atom. The third-order valence-corrected chi connectivity index (χ3v) is 3.68. The van der Waals surface area contributed by atoms with Gasteiger partial charge in [-0.3, -0.25) is 0 Å². The highest BCUT2D eigenvalue weighted by molar-refractivity contribution is 9.10. The quantitative estimate of drug-likeness (QED) is 0.829. The van der Waals surface area contributed by atoms with Gasteiger partial charge < -0.3 is 10.5 Å². The third-order valence-electron chi connectivity index (χ3n) is 2.88. The highest BCUT2D eigenvalue weighted by atomic mass is 79.9. The molecule has 0 radical (unpaired) electrons. The number of benzene rings is 2. The van der Waals surface area contributed by atoms with E-state index in [-0.39, 0.29) is 6.04 Å². The molecule has 0 aliphatic heterocycles. The summed E-state index contributed by atoms with van der Waals surface area (Å²) in [5, 5.41) is 0.599. The Morgan fingerprint density at radius 3 is 2.65 bits per heavy atom. The van der Waals surface area contributed by atoms with Gasteiger partial charge in [0.05, 0.1) is 5.02 Å². The lowest BCUT2D eigenvalue weighted by Crippen LogP contribution is -2.18. The fourth-order valence-corrected chi connectivity index (χ4v) is 2.44. The van der Waals surface area contributed by atoms with E-state index in [1.807, 2.05) is 50.2 Å². The van der Waals surface area contributed by atoms with Crippen molar-refractivity contribution in [3.05, 3.63) is 57.0 Å². The molecule has 1 atom stereocenters. The first-order valence-corrected chi connectivity index (χ1v) is 7.61. The topological polar surface area (TPSA) is 35.2 Å². The number of ether oxygens (including phenoxy) is 1. The molecule has 106 valence electrons. The van der Waals surface area contributed by atoms with E-state index in [1.165, 1.54) is 0 Å². The van der Waals surface area contributed by atoms with Crippen LogP contribution < -0.4 is 10.5 Å². The second kappa shape index (κ2) is 6.61. The molecule has 0 aliphatic rings. The van der Waals surface area contributed by atoms with Crippen LogP contribution in [0.25, 0.3) is 0 Å². The Morgan fingerprint density at radius 1 is 1.20 bits per heavy atom. The maximum Gasteiger partial charge on any atom is 0.146 e. The molecule has 0 aliphatic carbocycles. The molecule has 2 rings (SSSR count). The number of aryl methyl sites for hydroxylation is 1. The van der Waals surface area contributed by atoms with Crippen molar-refractivity contribution in [3.8, 4) is 11.5 Å². The average molecular weight is 355 g/mol. The van der Waals surface area contributed by atoms with Crippen molar-refractivity contribution in [1.82, 2.24) is 0 Å². The predicted molar refractivity (Wildman–Crippen MR) is 87.8 cm³/mol. The fraction of sp³-hybridized carbons (Fsp3) is 0.250. The van der Waals surface area contributed by atoms with Gasteiger partial charge in [0, 0.05) is 10.5 Å². The Hall–Kier alpha value is -1.03. The van der Waals surface area contributed by atoms with Crippen molar-refractivity contribution < 1.29 is 4.74 Å². The van der Waals surface area contributed by atoms with Crippen molar-refractivity contribution in [2.24, 2.45) is 5.73 Å². The minimum atomic E-state index is 0.0755. The second-order valence-corrected chi connectivity index (χ2v) is 6.29. The third kappa shape index (κ3) is 3.98. The summed E-state index contributed by atoms with van der Waals surface area (Å²) in [7, 11) is 0. The Bertz CT molecular complexity index is 613. The highest BCUT2D eigenvalue weighted by Gasteiger charge is 2.10. The molecule has 4 heteroatoms. The van der Waals surface area contributed by atoms with E-state index >= 15 is 0 Å². The van der Waals surface area contributed by atoms with Gasteiger partial charge in [-0.15, -0.1) is 0 Å². The lowest BCUT2D eigenvalue weighted by molar-refractivity contribution is 0.473. The second-order valence-electron chi connectivity index (χ2n) is 4.97. The van der Waals surface area contributed by atoms with Crippen LogP contribution in [0.5, 0.6) is 11.5 Å². The van der Waals surface area contributed by atoms with Crippen LogP contribution in [0.2, 0.25) is 5.02 Å². The van der Waals surface area contributed by atoms with Crippen LogP contribution in [0.1, 0.15) is 18.1 Å². The molecule has 2 nitrogen and oxygen atoms in total. The van der Waals surface area contributed by atoms with Crippen molar-refractivity contribution in [1.29, 1.82) is 0 Å². The van der Waals surface area contributed by atoms with Gasteiger partial charge in [-0.2, -0.15) is 0 Å². The predicted octanol–water partition coefficient (Wildman–Crippen LogP) is 5.09. The lowest BCUT2D eigenvalue weighted by atomic mass is 10.1. The summed E-state index contributed by atoms with van der Waals surface area (Å²) >= 11 is 9.65. The van der Waals surface area contributed by atoms with Gasteiger partial charge in [-0.1, -0.05) is 39.7 Å². The van der Waals surface area contributed by atoms with Crippen LogP contribution in [0.4, 0.5) is 0 Å². The number of rotatable bonds is 4. The first-order valence-electron chi connectivity index (χ1n) is 6.43. The van der Waals surface area contributed by atoms with E-state index in [1.54, 1.807) is 0 Å². The Balaban J connectivity index is 2.36. The molecular formula is C16H17BrClNO. The smallest absolute Gasteiger partial charge is 0.146 e. The fourth-order valence-electron chi connectivity index (χ4n) is 1.95. The van der Waals surface area contributed by atoms with Gasteiger partial charge in [-0.05, 0) is 55.7 Å². The van der Waals surface area contributed by atoms with E-state index in [9.17, 15) is 0 Å². The van der Waals surface area contributed by atoms with Gasteiger partial charge in [0.25, 0.3) is 0 Å². The molecule has 2 N–H and O–H groups in total. The number of nitrogens with two attached hydrogens (primary N) is 1. The van der Waals surface area contributed by atoms with E-state index in [0.717, 1.165) is 27.8 Å². The molecule has 2 aromatic rings. The molecule has 0 spiro atoms. The van der Waals surface area contributed by atoms with E-state index < -0.39 is 0 Å². The Labute approximate surface area is 133 Å². The number of hydrogen-bond donors (Lipinski definition) is 1. The van der Waals surface area contributed by atoms with Crippen LogP contribution in [0.15, 0.2) is 40.9 Å². The molecule has 0 saturated carbocycles. The summed E-state index contributed by atoms with van der Waals surface area (Å²) in [6, 6.07) is 11.8. The average Bonchev–Trinajstić information content (AvgIpc) is 2.37. The summed E-state index contributed by atoms with van der Waals surface area (Å²) in [4.78, 5) is 0. The van der Waals surface area contributed by atoms with Gasteiger partial charge in [0.2, 0.25) is 0 Å². The summed E-state index contributed by atoms with van der Waals surface area (Å²) in [6.07, 6.45) is 0.756. The molecule has 1 unspecified atom stereocenters. The maximum absolute atomic E-state index is 6.18. The first-order chi connectivity index (χ1) is 9.45. The summed E-state index contributed by atoms with van der Waals surface area (Å²) in [6.45, 7) is 3.98. The highest BCUT2D eigenvalue weighted by Crippen LogP contribution is 2.34. The lowest BCUT2D eigenvalue weighted by Gasteiger charge is -2.14. The van der Waals surface area contributed by atoms with Gasteiger partial charge in [-0.25, -0.2) is 0 Å². The van der Waals surface area contributed by atoms with Crippen LogP contribution in [-0.4, -0.2) is 6.04 Å². The zero-order chi connectivity index (χ0) is 14.7. The Kier molecular flexibility index (Phi) is 5.08. The van der Waals surface area contributed by atoms with Gasteiger partial charge in [0.15, 0.2) is 0 Å². The number of hydrogen-bond acceptors (Lipinski definition) is 2. The molecule has 0 amide bonds. The van der Waals surface area contributed by atoms with Crippen molar-refractivity contribution >= 4 is 27.5 Å².